The average molecular weight is 261 g/mol. The second-order valence-corrected chi connectivity index (χ2v) is 4.11. The van der Waals surface area contributed by atoms with E-state index in [1.165, 1.54) is 16.9 Å². The molecule has 0 aliphatic carbocycles. The number of aryl methyl sites for hydroxylation is 1. The van der Waals surface area contributed by atoms with Crippen molar-refractivity contribution in [1.82, 2.24) is 15.0 Å². The number of amides is 1. The highest BCUT2D eigenvalue weighted by Gasteiger charge is 2.11. The Morgan fingerprint density at radius 1 is 1.53 bits per heavy atom. The lowest BCUT2D eigenvalue weighted by Crippen LogP contribution is -2.12. The zero-order valence-electron chi connectivity index (χ0n) is 10.5. The Labute approximate surface area is 110 Å². The van der Waals surface area contributed by atoms with Gasteiger partial charge < -0.3 is 16.2 Å². The van der Waals surface area contributed by atoms with Gasteiger partial charge in [0.25, 0.3) is 5.91 Å². The van der Waals surface area contributed by atoms with Crippen LogP contribution in [0.15, 0.2) is 24.4 Å². The number of hydrogen-bond donors (Lipinski definition) is 3. The molecule has 19 heavy (non-hydrogen) atoms. The Hall–Kier alpha value is -2.41. The average Bonchev–Trinajstić information content (AvgIpc) is 2.83. The summed E-state index contributed by atoms with van der Waals surface area (Å²) in [4.78, 5) is 11.9. The molecule has 0 spiro atoms. The van der Waals surface area contributed by atoms with E-state index < -0.39 is 0 Å². The van der Waals surface area contributed by atoms with E-state index in [-0.39, 0.29) is 17.4 Å². The first-order valence-corrected chi connectivity index (χ1v) is 5.81. The summed E-state index contributed by atoms with van der Waals surface area (Å²) in [5.74, 6) is -0.254. The monoisotopic (exact) mass is 261 g/mol. The standard InChI is InChI=1S/C12H15N5O2/c1-8-2-3-9(6-11(8)18)14-12(19)10-7-17(5-4-13)16-15-10/h2-3,6-7,18H,4-5,13H2,1H3,(H,14,19). The van der Waals surface area contributed by atoms with Gasteiger partial charge in [-0.05, 0) is 18.6 Å². The molecule has 0 bridgehead atoms. The first kappa shape index (κ1) is 13.0. The molecular formula is C12H15N5O2. The molecule has 1 heterocycles. The van der Waals surface area contributed by atoms with Gasteiger partial charge in [-0.1, -0.05) is 11.3 Å². The van der Waals surface area contributed by atoms with Crippen LogP contribution in [0.2, 0.25) is 0 Å². The third-order valence-corrected chi connectivity index (χ3v) is 2.60. The normalized spacial score (nSPS) is 10.4. The lowest BCUT2D eigenvalue weighted by atomic mass is 10.2. The number of hydrogen-bond acceptors (Lipinski definition) is 5. The van der Waals surface area contributed by atoms with Crippen molar-refractivity contribution < 1.29 is 9.90 Å². The number of rotatable bonds is 4. The molecule has 2 rings (SSSR count). The number of benzene rings is 1. The van der Waals surface area contributed by atoms with E-state index in [1.54, 1.807) is 19.1 Å². The highest BCUT2D eigenvalue weighted by Crippen LogP contribution is 2.21. The van der Waals surface area contributed by atoms with Gasteiger partial charge in [-0.25, -0.2) is 0 Å². The van der Waals surface area contributed by atoms with Crippen LogP contribution in [0.3, 0.4) is 0 Å². The van der Waals surface area contributed by atoms with E-state index in [2.05, 4.69) is 15.6 Å². The van der Waals surface area contributed by atoms with Crippen molar-refractivity contribution in [2.75, 3.05) is 11.9 Å². The zero-order chi connectivity index (χ0) is 13.8. The van der Waals surface area contributed by atoms with Crippen molar-refractivity contribution in [2.24, 2.45) is 5.73 Å². The summed E-state index contributed by atoms with van der Waals surface area (Å²) in [5, 5.41) is 19.7. The lowest BCUT2D eigenvalue weighted by molar-refractivity contribution is 0.102. The maximum absolute atomic E-state index is 11.9. The van der Waals surface area contributed by atoms with Crippen molar-refractivity contribution in [3.63, 3.8) is 0 Å². The Balaban J connectivity index is 2.09. The SMILES string of the molecule is Cc1ccc(NC(=O)c2cn(CCN)nn2)cc1O. The molecule has 1 aromatic carbocycles. The summed E-state index contributed by atoms with van der Waals surface area (Å²) in [6.07, 6.45) is 1.52. The van der Waals surface area contributed by atoms with E-state index in [0.717, 1.165) is 5.56 Å². The Bertz CT molecular complexity index is 594. The van der Waals surface area contributed by atoms with Crippen LogP contribution in [0.5, 0.6) is 5.75 Å². The van der Waals surface area contributed by atoms with E-state index in [4.69, 9.17) is 5.73 Å². The first-order chi connectivity index (χ1) is 9.10. The van der Waals surface area contributed by atoms with Crippen LogP contribution in [-0.4, -0.2) is 32.6 Å². The molecule has 0 aliphatic rings. The Morgan fingerprint density at radius 3 is 3.00 bits per heavy atom. The molecule has 7 heteroatoms. The Kier molecular flexibility index (Phi) is 3.76. The molecule has 0 saturated heterocycles. The molecule has 1 amide bonds. The van der Waals surface area contributed by atoms with Gasteiger partial charge in [-0.2, -0.15) is 0 Å². The molecule has 2 aromatic rings. The number of anilines is 1. The summed E-state index contributed by atoms with van der Waals surface area (Å²) < 4.78 is 1.50. The van der Waals surface area contributed by atoms with Crippen molar-refractivity contribution in [3.8, 4) is 5.75 Å². The largest absolute Gasteiger partial charge is 0.508 e. The number of carbonyl (C=O) groups is 1. The maximum Gasteiger partial charge on any atom is 0.277 e. The highest BCUT2D eigenvalue weighted by atomic mass is 16.3. The predicted octanol–water partition coefficient (Wildman–Crippen LogP) is 0.503. The summed E-state index contributed by atoms with van der Waals surface area (Å²) in [6, 6.07) is 4.91. The molecule has 0 fully saturated rings. The quantitative estimate of drug-likeness (QED) is 0.743. The zero-order valence-corrected chi connectivity index (χ0v) is 10.5. The third-order valence-electron chi connectivity index (χ3n) is 2.60. The third kappa shape index (κ3) is 3.08. The van der Waals surface area contributed by atoms with Gasteiger partial charge in [0, 0.05) is 18.3 Å². The molecule has 0 unspecified atom stereocenters. The number of nitrogens with two attached hydrogens (primary N) is 1. The highest BCUT2D eigenvalue weighted by molar-refractivity contribution is 6.02. The minimum absolute atomic E-state index is 0.129. The van der Waals surface area contributed by atoms with Crippen LogP contribution < -0.4 is 11.1 Å². The van der Waals surface area contributed by atoms with Gasteiger partial charge in [0.2, 0.25) is 0 Å². The molecule has 4 N–H and O–H groups in total. The minimum atomic E-state index is -0.383. The summed E-state index contributed by atoms with van der Waals surface area (Å²) in [5.41, 5.74) is 6.83. The van der Waals surface area contributed by atoms with Crippen LogP contribution >= 0.6 is 0 Å². The number of nitrogens with one attached hydrogen (secondary N) is 1. The molecule has 0 atom stereocenters. The minimum Gasteiger partial charge on any atom is -0.508 e. The van der Waals surface area contributed by atoms with Crippen LogP contribution in [0, 0.1) is 6.92 Å². The predicted molar refractivity (Wildman–Crippen MR) is 69.9 cm³/mol. The summed E-state index contributed by atoms with van der Waals surface area (Å²) in [7, 11) is 0. The fourth-order valence-corrected chi connectivity index (χ4v) is 1.53. The lowest BCUT2D eigenvalue weighted by Gasteiger charge is -2.04. The van der Waals surface area contributed by atoms with Crippen molar-refractivity contribution in [1.29, 1.82) is 0 Å². The molecule has 0 radical (unpaired) electrons. The second-order valence-electron chi connectivity index (χ2n) is 4.11. The van der Waals surface area contributed by atoms with E-state index >= 15 is 0 Å². The van der Waals surface area contributed by atoms with Gasteiger partial charge in [-0.15, -0.1) is 5.10 Å². The molecule has 0 saturated carbocycles. The maximum atomic E-state index is 11.9. The molecule has 1 aromatic heterocycles. The van der Waals surface area contributed by atoms with Gasteiger partial charge in [-0.3, -0.25) is 9.48 Å². The van der Waals surface area contributed by atoms with Crippen LogP contribution in [0.25, 0.3) is 0 Å². The van der Waals surface area contributed by atoms with E-state index in [0.29, 0.717) is 18.8 Å². The Morgan fingerprint density at radius 2 is 2.32 bits per heavy atom. The number of carbonyl (C=O) groups excluding carboxylic acids is 1. The van der Waals surface area contributed by atoms with Gasteiger partial charge in [0.05, 0.1) is 12.7 Å². The molecule has 100 valence electrons. The van der Waals surface area contributed by atoms with Gasteiger partial charge in [0.1, 0.15) is 5.75 Å². The van der Waals surface area contributed by atoms with Gasteiger partial charge >= 0.3 is 0 Å². The van der Waals surface area contributed by atoms with E-state index in [1.807, 2.05) is 0 Å². The van der Waals surface area contributed by atoms with E-state index in [9.17, 15) is 9.90 Å². The first-order valence-electron chi connectivity index (χ1n) is 5.81. The molecule has 7 nitrogen and oxygen atoms in total. The fraction of sp³-hybridized carbons (Fsp3) is 0.250. The summed E-state index contributed by atoms with van der Waals surface area (Å²) in [6.45, 7) is 2.71. The van der Waals surface area contributed by atoms with Gasteiger partial charge in [0.15, 0.2) is 5.69 Å². The topological polar surface area (TPSA) is 106 Å². The van der Waals surface area contributed by atoms with Crippen molar-refractivity contribution in [2.45, 2.75) is 13.5 Å². The number of phenols is 1. The fourth-order valence-electron chi connectivity index (χ4n) is 1.53. The molecular weight excluding hydrogens is 246 g/mol. The number of nitrogens with zero attached hydrogens (tertiary/aromatic N) is 3. The smallest absolute Gasteiger partial charge is 0.277 e. The summed E-state index contributed by atoms with van der Waals surface area (Å²) >= 11 is 0. The second kappa shape index (κ2) is 5.49. The van der Waals surface area contributed by atoms with Crippen molar-refractivity contribution >= 4 is 11.6 Å². The van der Waals surface area contributed by atoms with Crippen LogP contribution in [0.4, 0.5) is 5.69 Å². The molecule has 0 aliphatic heterocycles. The number of aromatic nitrogens is 3. The number of phenolic OH excluding ortho intramolecular Hbond substituents is 1. The van der Waals surface area contributed by atoms with Crippen LogP contribution in [0.1, 0.15) is 16.1 Å². The van der Waals surface area contributed by atoms with Crippen LogP contribution in [-0.2, 0) is 6.54 Å². The van der Waals surface area contributed by atoms with Crippen molar-refractivity contribution in [3.05, 3.63) is 35.7 Å². The number of aromatic hydroxyl groups is 1.